The number of anilines is 1. The first-order valence-electron chi connectivity index (χ1n) is 10.0. The van der Waals surface area contributed by atoms with Gasteiger partial charge in [-0.05, 0) is 38.0 Å². The molecule has 0 aliphatic heterocycles. The molecule has 0 aliphatic rings. The molecule has 170 valence electrons. The topological polar surface area (TPSA) is 94.2 Å². The van der Waals surface area contributed by atoms with Gasteiger partial charge in [0.25, 0.3) is 0 Å². The summed E-state index contributed by atoms with van der Waals surface area (Å²) in [5, 5.41) is 2.90. The SMILES string of the molecule is CC[C@H](C)N(Cc1ccc(OS(=O)(=O)CC)cc1)C(=O)Nc1cc(OC)cc(OC)c1. The van der Waals surface area contributed by atoms with Crippen LogP contribution in [-0.2, 0) is 16.7 Å². The molecule has 8 nitrogen and oxygen atoms in total. The zero-order chi connectivity index (χ0) is 23.0. The third kappa shape index (κ3) is 7.06. The average Bonchev–Trinajstić information content (AvgIpc) is 2.77. The molecule has 2 aromatic rings. The van der Waals surface area contributed by atoms with E-state index in [2.05, 4.69) is 5.32 Å². The first-order valence-corrected chi connectivity index (χ1v) is 11.6. The number of benzene rings is 2. The van der Waals surface area contributed by atoms with Crippen LogP contribution in [0.2, 0.25) is 0 Å². The van der Waals surface area contributed by atoms with Gasteiger partial charge in [-0.25, -0.2) is 4.79 Å². The number of carbonyl (C=O) groups is 1. The Labute approximate surface area is 184 Å². The van der Waals surface area contributed by atoms with Gasteiger partial charge in [0, 0.05) is 36.5 Å². The van der Waals surface area contributed by atoms with Gasteiger partial charge in [-0.15, -0.1) is 0 Å². The molecule has 0 saturated heterocycles. The van der Waals surface area contributed by atoms with Crippen LogP contribution in [0, 0.1) is 0 Å². The average molecular weight is 451 g/mol. The highest BCUT2D eigenvalue weighted by molar-refractivity contribution is 7.87. The summed E-state index contributed by atoms with van der Waals surface area (Å²) in [6.07, 6.45) is 0.769. The second-order valence-corrected chi connectivity index (χ2v) is 8.85. The summed E-state index contributed by atoms with van der Waals surface area (Å²) in [6.45, 7) is 5.84. The van der Waals surface area contributed by atoms with Crippen LogP contribution in [0.25, 0.3) is 0 Å². The van der Waals surface area contributed by atoms with Crippen molar-refractivity contribution in [3.8, 4) is 17.2 Å². The van der Waals surface area contributed by atoms with Crippen LogP contribution in [0.1, 0.15) is 32.8 Å². The van der Waals surface area contributed by atoms with Crippen molar-refractivity contribution in [2.45, 2.75) is 39.8 Å². The number of rotatable bonds is 10. The predicted octanol–water partition coefficient (Wildman–Crippen LogP) is 4.26. The van der Waals surface area contributed by atoms with Gasteiger partial charge in [-0.2, -0.15) is 8.42 Å². The molecule has 0 unspecified atom stereocenters. The quantitative estimate of drug-likeness (QED) is 0.544. The highest BCUT2D eigenvalue weighted by atomic mass is 32.2. The molecule has 2 rings (SSSR count). The highest BCUT2D eigenvalue weighted by Crippen LogP contribution is 2.26. The first kappa shape index (κ1) is 24.3. The number of amides is 2. The third-order valence-electron chi connectivity index (χ3n) is 4.84. The van der Waals surface area contributed by atoms with E-state index in [0.717, 1.165) is 12.0 Å². The van der Waals surface area contributed by atoms with E-state index in [1.165, 1.54) is 6.92 Å². The molecular formula is C22H30N2O6S. The predicted molar refractivity (Wildman–Crippen MR) is 120 cm³/mol. The molecular weight excluding hydrogens is 420 g/mol. The van der Waals surface area contributed by atoms with Gasteiger partial charge >= 0.3 is 16.1 Å². The molecule has 0 spiro atoms. The van der Waals surface area contributed by atoms with Crippen molar-refractivity contribution in [1.29, 1.82) is 0 Å². The van der Waals surface area contributed by atoms with Gasteiger partial charge in [0.05, 0.1) is 20.0 Å². The lowest BCUT2D eigenvalue weighted by atomic mass is 10.1. The summed E-state index contributed by atoms with van der Waals surface area (Å²) in [5.41, 5.74) is 1.41. The molecule has 2 amide bonds. The normalized spacial score (nSPS) is 12.0. The summed E-state index contributed by atoms with van der Waals surface area (Å²) in [7, 11) is -0.487. The van der Waals surface area contributed by atoms with Crippen LogP contribution in [0.15, 0.2) is 42.5 Å². The lowest BCUT2D eigenvalue weighted by Gasteiger charge is -2.29. The number of nitrogens with one attached hydrogen (secondary N) is 1. The Morgan fingerprint density at radius 2 is 1.58 bits per heavy atom. The van der Waals surface area contributed by atoms with E-state index in [0.29, 0.717) is 23.7 Å². The number of hydrogen-bond donors (Lipinski definition) is 1. The summed E-state index contributed by atoms with van der Waals surface area (Å²) in [6, 6.07) is 11.5. The lowest BCUT2D eigenvalue weighted by Crippen LogP contribution is -2.40. The van der Waals surface area contributed by atoms with Crippen LogP contribution in [0.5, 0.6) is 17.2 Å². The number of methoxy groups -OCH3 is 2. The first-order chi connectivity index (χ1) is 14.7. The molecule has 0 saturated carbocycles. The van der Waals surface area contributed by atoms with Crippen LogP contribution >= 0.6 is 0 Å². The number of carbonyl (C=O) groups excluding carboxylic acids is 1. The highest BCUT2D eigenvalue weighted by Gasteiger charge is 2.20. The van der Waals surface area contributed by atoms with E-state index < -0.39 is 10.1 Å². The second-order valence-electron chi connectivity index (χ2n) is 6.99. The van der Waals surface area contributed by atoms with Crippen LogP contribution < -0.4 is 19.0 Å². The molecule has 1 N–H and O–H groups in total. The van der Waals surface area contributed by atoms with E-state index in [-0.39, 0.29) is 23.6 Å². The Morgan fingerprint density at radius 3 is 2.06 bits per heavy atom. The number of hydrogen-bond acceptors (Lipinski definition) is 6. The minimum absolute atomic E-state index is 0.0242. The maximum atomic E-state index is 13.0. The molecule has 31 heavy (non-hydrogen) atoms. The van der Waals surface area contributed by atoms with Gasteiger partial charge < -0.3 is 23.9 Å². The van der Waals surface area contributed by atoms with Crippen molar-refractivity contribution in [2.75, 3.05) is 25.3 Å². The van der Waals surface area contributed by atoms with E-state index in [9.17, 15) is 13.2 Å². The largest absolute Gasteiger partial charge is 0.497 e. The lowest BCUT2D eigenvalue weighted by molar-refractivity contribution is 0.187. The summed E-state index contributed by atoms with van der Waals surface area (Å²) < 4.78 is 38.7. The Bertz CT molecular complexity index is 954. The van der Waals surface area contributed by atoms with E-state index in [1.807, 2.05) is 13.8 Å². The van der Waals surface area contributed by atoms with E-state index in [4.69, 9.17) is 13.7 Å². The monoisotopic (exact) mass is 450 g/mol. The minimum Gasteiger partial charge on any atom is -0.497 e. The second kappa shape index (κ2) is 10.9. The number of nitrogens with zero attached hydrogens (tertiary/aromatic N) is 1. The van der Waals surface area contributed by atoms with Gasteiger partial charge in [0.15, 0.2) is 0 Å². The van der Waals surface area contributed by atoms with Gasteiger partial charge in [0.1, 0.15) is 17.2 Å². The van der Waals surface area contributed by atoms with Crippen LogP contribution in [0.4, 0.5) is 10.5 Å². The Hall–Kier alpha value is -2.94. The van der Waals surface area contributed by atoms with Crippen molar-refractivity contribution < 1.29 is 26.9 Å². The standard InChI is InChI=1S/C22H30N2O6S/c1-6-16(3)24(15-17-8-10-19(11-9-17)30-31(26,27)7-2)22(25)23-18-12-20(28-4)14-21(13-18)29-5/h8-14,16H,6-7,15H2,1-5H3,(H,23,25)/t16-/m0/s1. The molecule has 0 heterocycles. The Morgan fingerprint density at radius 1 is 1.00 bits per heavy atom. The molecule has 0 aliphatic carbocycles. The minimum atomic E-state index is -3.58. The zero-order valence-electron chi connectivity index (χ0n) is 18.5. The molecule has 0 radical (unpaired) electrons. The Balaban J connectivity index is 2.17. The van der Waals surface area contributed by atoms with Gasteiger partial charge in [-0.1, -0.05) is 19.1 Å². The van der Waals surface area contributed by atoms with E-state index in [1.54, 1.807) is 61.6 Å². The van der Waals surface area contributed by atoms with Crippen LogP contribution in [-0.4, -0.2) is 45.4 Å². The maximum absolute atomic E-state index is 13.0. The Kier molecular flexibility index (Phi) is 8.56. The maximum Gasteiger partial charge on any atom is 0.322 e. The molecule has 2 aromatic carbocycles. The molecule has 0 fully saturated rings. The fourth-order valence-electron chi connectivity index (χ4n) is 2.78. The summed E-state index contributed by atoms with van der Waals surface area (Å²) in [4.78, 5) is 14.8. The fraction of sp³-hybridized carbons (Fsp3) is 0.409. The summed E-state index contributed by atoms with van der Waals surface area (Å²) in [5.74, 6) is 1.28. The van der Waals surface area contributed by atoms with Crippen molar-refractivity contribution in [2.24, 2.45) is 0 Å². The van der Waals surface area contributed by atoms with Crippen LogP contribution in [0.3, 0.4) is 0 Å². The smallest absolute Gasteiger partial charge is 0.322 e. The fourth-order valence-corrected chi connectivity index (χ4v) is 3.30. The van der Waals surface area contributed by atoms with E-state index >= 15 is 0 Å². The number of urea groups is 1. The van der Waals surface area contributed by atoms with Crippen molar-refractivity contribution in [3.05, 3.63) is 48.0 Å². The van der Waals surface area contributed by atoms with Crippen molar-refractivity contribution in [1.82, 2.24) is 4.90 Å². The van der Waals surface area contributed by atoms with Gasteiger partial charge in [0.2, 0.25) is 0 Å². The van der Waals surface area contributed by atoms with Crippen molar-refractivity contribution >= 4 is 21.8 Å². The molecule has 0 bridgehead atoms. The van der Waals surface area contributed by atoms with Crippen molar-refractivity contribution in [3.63, 3.8) is 0 Å². The molecule has 1 atom stereocenters. The zero-order valence-corrected chi connectivity index (χ0v) is 19.4. The molecule has 0 aromatic heterocycles. The third-order valence-corrected chi connectivity index (χ3v) is 5.99. The van der Waals surface area contributed by atoms with Gasteiger partial charge in [-0.3, -0.25) is 0 Å². The number of ether oxygens (including phenoxy) is 2. The molecule has 9 heteroatoms. The summed E-state index contributed by atoms with van der Waals surface area (Å²) >= 11 is 0.